The molecule has 5 heteroatoms. The van der Waals surface area contributed by atoms with Gasteiger partial charge in [0.25, 0.3) is 0 Å². The summed E-state index contributed by atoms with van der Waals surface area (Å²) in [5, 5.41) is 1.03. The summed E-state index contributed by atoms with van der Waals surface area (Å²) >= 11 is 0. The van der Waals surface area contributed by atoms with Gasteiger partial charge in [0.05, 0.1) is 12.3 Å². The van der Waals surface area contributed by atoms with E-state index < -0.39 is 0 Å². The molecule has 0 amide bonds. The zero-order valence-electron chi connectivity index (χ0n) is 17.4. The minimum atomic E-state index is 0.0571. The van der Waals surface area contributed by atoms with Gasteiger partial charge in [0.2, 0.25) is 0 Å². The Bertz CT molecular complexity index is 872. The van der Waals surface area contributed by atoms with Crippen LogP contribution in [0.3, 0.4) is 0 Å². The third kappa shape index (κ3) is 8.13. The van der Waals surface area contributed by atoms with E-state index in [-0.39, 0.29) is 5.78 Å². The van der Waals surface area contributed by atoms with Crippen molar-refractivity contribution in [2.45, 2.75) is 33.6 Å². The molecule has 154 valence electrons. The number of aryl methyl sites for hydroxylation is 2. The third-order valence-electron chi connectivity index (χ3n) is 4.37. The number of aromatic amines is 1. The first-order valence-corrected chi connectivity index (χ1v) is 9.39. The number of ketones is 1. The Labute approximate surface area is 172 Å². The fraction of sp³-hybridized carbons (Fsp3) is 0.292. The molecule has 1 aromatic heterocycles. The van der Waals surface area contributed by atoms with Crippen molar-refractivity contribution >= 4 is 30.3 Å². The summed E-state index contributed by atoms with van der Waals surface area (Å²) in [4.78, 5) is 30.4. The average molecular weight is 395 g/mol. The SMILES string of the molecule is C=O.C=O.CC(=O)c1cc2cc(OCC3CC3)ccc2[nH]1.Cc1ccc(C)cc1. The lowest BCUT2D eigenvalue weighted by molar-refractivity contribution is -0.0987. The fourth-order valence-electron chi connectivity index (χ4n) is 2.53. The van der Waals surface area contributed by atoms with E-state index in [4.69, 9.17) is 14.3 Å². The summed E-state index contributed by atoms with van der Waals surface area (Å²) in [7, 11) is 0. The largest absolute Gasteiger partial charge is 0.493 e. The average Bonchev–Trinajstić information content (AvgIpc) is 3.48. The molecule has 1 fully saturated rings. The van der Waals surface area contributed by atoms with Crippen LogP contribution in [-0.2, 0) is 9.59 Å². The van der Waals surface area contributed by atoms with E-state index >= 15 is 0 Å². The van der Waals surface area contributed by atoms with Crippen LogP contribution in [0.1, 0.15) is 41.4 Å². The molecule has 0 bridgehead atoms. The normalized spacial score (nSPS) is 11.7. The van der Waals surface area contributed by atoms with Gasteiger partial charge in [-0.05, 0) is 56.9 Å². The van der Waals surface area contributed by atoms with E-state index in [1.54, 1.807) is 6.92 Å². The molecule has 1 heterocycles. The van der Waals surface area contributed by atoms with Crippen molar-refractivity contribution in [3.8, 4) is 5.75 Å². The van der Waals surface area contributed by atoms with Crippen LogP contribution in [0.25, 0.3) is 10.9 Å². The number of Topliss-reactive ketones (excluding diaryl/α,β-unsaturated/α-hetero) is 1. The molecule has 1 N–H and O–H groups in total. The monoisotopic (exact) mass is 395 g/mol. The summed E-state index contributed by atoms with van der Waals surface area (Å²) in [6.45, 7) is 10.6. The van der Waals surface area contributed by atoms with Gasteiger partial charge in [0.15, 0.2) is 5.78 Å². The van der Waals surface area contributed by atoms with Gasteiger partial charge in [0, 0.05) is 17.8 Å². The zero-order chi connectivity index (χ0) is 21.8. The number of fused-ring (bicyclic) bond motifs is 1. The smallest absolute Gasteiger partial charge is 0.175 e. The number of nitrogens with one attached hydrogen (secondary N) is 1. The van der Waals surface area contributed by atoms with Crippen LogP contribution in [0.15, 0.2) is 48.5 Å². The van der Waals surface area contributed by atoms with Gasteiger partial charge in [0.1, 0.15) is 19.3 Å². The summed E-state index contributed by atoms with van der Waals surface area (Å²) in [5.74, 6) is 1.70. The molecule has 0 saturated heterocycles. The minimum absolute atomic E-state index is 0.0571. The van der Waals surface area contributed by atoms with Crippen molar-refractivity contribution in [1.29, 1.82) is 0 Å². The summed E-state index contributed by atoms with van der Waals surface area (Å²) in [6, 6.07) is 16.3. The lowest BCUT2D eigenvalue weighted by atomic mass is 10.2. The Morgan fingerprint density at radius 2 is 1.52 bits per heavy atom. The second kappa shape index (κ2) is 12.3. The highest BCUT2D eigenvalue weighted by atomic mass is 16.5. The summed E-state index contributed by atoms with van der Waals surface area (Å²) in [6.07, 6.45) is 2.59. The first-order valence-electron chi connectivity index (χ1n) is 9.39. The van der Waals surface area contributed by atoms with E-state index in [0.717, 1.165) is 29.2 Å². The molecule has 0 radical (unpaired) electrons. The standard InChI is InChI=1S/C14H15NO2.C8H10.2CH2O/c1-9(16)14-7-11-6-12(4-5-13(11)15-14)17-8-10-2-3-10;1-7-3-5-8(2)6-4-7;2*1-2/h4-7,10,15H,2-3,8H2,1H3;3-6H,1-2H3;2*1H2. The number of carbonyl (C=O) groups is 3. The van der Waals surface area contributed by atoms with Crippen LogP contribution < -0.4 is 4.74 Å². The molecule has 5 nitrogen and oxygen atoms in total. The van der Waals surface area contributed by atoms with Crippen molar-refractivity contribution in [1.82, 2.24) is 4.98 Å². The van der Waals surface area contributed by atoms with Crippen LogP contribution in [0.5, 0.6) is 5.75 Å². The van der Waals surface area contributed by atoms with E-state index in [9.17, 15) is 4.79 Å². The molecule has 0 aliphatic heterocycles. The van der Waals surface area contributed by atoms with Crippen LogP contribution in [0.2, 0.25) is 0 Å². The van der Waals surface area contributed by atoms with Gasteiger partial charge in [-0.15, -0.1) is 0 Å². The zero-order valence-corrected chi connectivity index (χ0v) is 17.4. The lowest BCUT2D eigenvalue weighted by Crippen LogP contribution is -1.98. The Morgan fingerprint density at radius 3 is 2.00 bits per heavy atom. The molecule has 4 rings (SSSR count). The van der Waals surface area contributed by atoms with Gasteiger partial charge in [-0.1, -0.05) is 35.4 Å². The van der Waals surface area contributed by atoms with E-state index in [1.165, 1.54) is 24.0 Å². The minimum Gasteiger partial charge on any atom is -0.493 e. The maximum atomic E-state index is 11.3. The number of hydrogen-bond acceptors (Lipinski definition) is 4. The Hall–Kier alpha value is -3.21. The van der Waals surface area contributed by atoms with Gasteiger partial charge in [-0.3, -0.25) is 4.79 Å². The van der Waals surface area contributed by atoms with Gasteiger partial charge in [-0.25, -0.2) is 0 Å². The van der Waals surface area contributed by atoms with Crippen molar-refractivity contribution < 1.29 is 19.1 Å². The fourth-order valence-corrected chi connectivity index (χ4v) is 2.53. The van der Waals surface area contributed by atoms with Gasteiger partial charge in [-0.2, -0.15) is 0 Å². The van der Waals surface area contributed by atoms with Gasteiger partial charge >= 0.3 is 0 Å². The molecule has 1 saturated carbocycles. The molecule has 0 atom stereocenters. The van der Waals surface area contributed by atoms with E-state index in [1.807, 2.05) is 37.8 Å². The highest BCUT2D eigenvalue weighted by Gasteiger charge is 2.21. The van der Waals surface area contributed by atoms with Gasteiger partial charge < -0.3 is 19.3 Å². The van der Waals surface area contributed by atoms with Crippen LogP contribution >= 0.6 is 0 Å². The quantitative estimate of drug-likeness (QED) is 0.624. The van der Waals surface area contributed by atoms with Crippen LogP contribution in [0.4, 0.5) is 0 Å². The number of rotatable bonds is 4. The molecule has 0 unspecified atom stereocenters. The molecule has 0 spiro atoms. The molecule has 29 heavy (non-hydrogen) atoms. The number of carbonyl (C=O) groups excluding carboxylic acids is 3. The van der Waals surface area contributed by atoms with Crippen molar-refractivity contribution in [2.24, 2.45) is 5.92 Å². The second-order valence-electron chi connectivity index (χ2n) is 6.90. The topological polar surface area (TPSA) is 76.2 Å². The van der Waals surface area contributed by atoms with Crippen LogP contribution in [-0.4, -0.2) is 31.0 Å². The lowest BCUT2D eigenvalue weighted by Gasteiger charge is -2.04. The van der Waals surface area contributed by atoms with E-state index in [2.05, 4.69) is 43.1 Å². The maximum absolute atomic E-state index is 11.3. The molecule has 2 aromatic carbocycles. The van der Waals surface area contributed by atoms with E-state index in [0.29, 0.717) is 5.69 Å². The number of H-pyrrole nitrogens is 1. The first-order chi connectivity index (χ1) is 14.0. The Kier molecular flexibility index (Phi) is 10.1. The van der Waals surface area contributed by atoms with Crippen molar-refractivity contribution in [3.63, 3.8) is 0 Å². The van der Waals surface area contributed by atoms with Crippen molar-refractivity contribution in [2.75, 3.05) is 6.61 Å². The molecular formula is C24H29NO4. The predicted molar refractivity (Wildman–Crippen MR) is 117 cm³/mol. The number of benzene rings is 2. The number of aromatic nitrogens is 1. The molecule has 1 aliphatic carbocycles. The summed E-state index contributed by atoms with van der Waals surface area (Å²) < 4.78 is 5.71. The summed E-state index contributed by atoms with van der Waals surface area (Å²) in [5.41, 5.74) is 4.29. The third-order valence-corrected chi connectivity index (χ3v) is 4.37. The molecule has 1 aliphatic rings. The predicted octanol–water partition coefficient (Wildman–Crippen LogP) is 5.09. The second-order valence-corrected chi connectivity index (χ2v) is 6.90. The Morgan fingerprint density at radius 1 is 0.966 bits per heavy atom. The first kappa shape index (κ1) is 23.8. The van der Waals surface area contributed by atoms with Crippen molar-refractivity contribution in [3.05, 3.63) is 65.4 Å². The molecule has 3 aromatic rings. The highest BCUT2D eigenvalue weighted by Crippen LogP contribution is 2.30. The maximum Gasteiger partial charge on any atom is 0.175 e. The number of ether oxygens (including phenoxy) is 1. The number of hydrogen-bond donors (Lipinski definition) is 1. The van der Waals surface area contributed by atoms with Crippen LogP contribution in [0, 0.1) is 19.8 Å². The highest BCUT2D eigenvalue weighted by molar-refractivity contribution is 5.98. The molecular weight excluding hydrogens is 366 g/mol. The Balaban J connectivity index is 0.000000296.